The fourth-order valence-corrected chi connectivity index (χ4v) is 5.27. The van der Waals surface area contributed by atoms with Crippen LogP contribution in [0.1, 0.15) is 63.0 Å². The van der Waals surface area contributed by atoms with Gasteiger partial charge in [0.2, 0.25) is 5.91 Å². The second-order valence-corrected chi connectivity index (χ2v) is 9.97. The van der Waals surface area contributed by atoms with Gasteiger partial charge in [0.1, 0.15) is 12.6 Å². The molecule has 186 valence electrons. The monoisotopic (exact) mass is 478 g/mol. The van der Waals surface area contributed by atoms with Crippen molar-refractivity contribution in [2.45, 2.75) is 57.9 Å². The molecule has 1 saturated carbocycles. The number of carbonyl (C=O) groups excluding carboxylic acids is 2. The summed E-state index contributed by atoms with van der Waals surface area (Å²) in [5, 5.41) is 14.9. The normalized spacial score (nSPS) is 17.3. The van der Waals surface area contributed by atoms with E-state index < -0.39 is 18.1 Å². The van der Waals surface area contributed by atoms with Crippen LogP contribution in [-0.2, 0) is 14.3 Å². The van der Waals surface area contributed by atoms with Gasteiger partial charge < -0.3 is 20.5 Å². The molecule has 2 aromatic carbocycles. The van der Waals surface area contributed by atoms with Crippen LogP contribution >= 0.6 is 0 Å². The third kappa shape index (κ3) is 5.34. The van der Waals surface area contributed by atoms with E-state index in [4.69, 9.17) is 4.74 Å². The number of nitrogens with one attached hydrogen (secondary N) is 2. The van der Waals surface area contributed by atoms with Crippen LogP contribution in [0.3, 0.4) is 0 Å². The molecule has 7 nitrogen and oxygen atoms in total. The van der Waals surface area contributed by atoms with Gasteiger partial charge in [-0.05, 0) is 46.4 Å². The minimum atomic E-state index is -0.853. The van der Waals surface area contributed by atoms with Crippen LogP contribution in [0.5, 0.6) is 0 Å². The third-order valence-electron chi connectivity index (χ3n) is 7.69. The Morgan fingerprint density at radius 2 is 1.66 bits per heavy atom. The molecule has 35 heavy (non-hydrogen) atoms. The van der Waals surface area contributed by atoms with E-state index in [0.29, 0.717) is 13.0 Å². The van der Waals surface area contributed by atoms with Gasteiger partial charge in [-0.15, -0.1) is 0 Å². The topological polar surface area (TPSA) is 105 Å². The van der Waals surface area contributed by atoms with Crippen molar-refractivity contribution in [2.75, 3.05) is 13.2 Å². The first-order valence-electron chi connectivity index (χ1n) is 12.4. The number of aliphatic carboxylic acids is 1. The molecule has 2 amide bonds. The smallest absolute Gasteiger partial charge is 0.407 e. The minimum Gasteiger partial charge on any atom is -0.481 e. The Morgan fingerprint density at radius 1 is 1.06 bits per heavy atom. The molecular formula is C28H34N2O5. The number of carboxylic acid groups (broad SMARTS) is 1. The highest BCUT2D eigenvalue weighted by atomic mass is 16.5. The Balaban J connectivity index is 1.38. The molecule has 2 aromatic rings. The maximum Gasteiger partial charge on any atom is 0.407 e. The average Bonchev–Trinajstić information content (AvgIpc) is 3.15. The highest BCUT2D eigenvalue weighted by Crippen LogP contribution is 2.45. The largest absolute Gasteiger partial charge is 0.481 e. The van der Waals surface area contributed by atoms with Gasteiger partial charge >= 0.3 is 12.1 Å². The maximum absolute atomic E-state index is 13.0. The van der Waals surface area contributed by atoms with Crippen LogP contribution in [0.25, 0.3) is 11.1 Å². The molecule has 1 fully saturated rings. The first-order chi connectivity index (χ1) is 16.8. The number of alkyl carbamates (subject to hydrolysis) is 1. The standard InChI is InChI=1S/C28H34N2O5/c1-3-18(2)25(26(33)29-17-28(13-8-14-28)15-24(31)32)30-27(34)35-16-23-21-11-6-4-9-19(21)20-10-5-7-12-22(20)23/h4-7,9-12,18,23,25H,3,8,13-17H2,1-2H3,(H,29,33)(H,30,34)(H,31,32). The predicted octanol–water partition coefficient (Wildman–Crippen LogP) is 4.70. The minimum absolute atomic E-state index is 0.0427. The summed E-state index contributed by atoms with van der Waals surface area (Å²) >= 11 is 0. The summed E-state index contributed by atoms with van der Waals surface area (Å²) in [5.41, 5.74) is 4.18. The summed E-state index contributed by atoms with van der Waals surface area (Å²) in [6, 6.07) is 15.5. The average molecular weight is 479 g/mol. The molecule has 2 unspecified atom stereocenters. The Hall–Kier alpha value is -3.35. The van der Waals surface area contributed by atoms with Crippen LogP contribution in [0.4, 0.5) is 4.79 Å². The molecule has 0 spiro atoms. The Kier molecular flexibility index (Phi) is 7.43. The van der Waals surface area contributed by atoms with Gasteiger partial charge in [0.25, 0.3) is 0 Å². The van der Waals surface area contributed by atoms with Gasteiger partial charge in [-0.3, -0.25) is 9.59 Å². The van der Waals surface area contributed by atoms with Crippen LogP contribution in [-0.4, -0.2) is 42.3 Å². The molecule has 0 aliphatic heterocycles. The Labute approximate surface area is 206 Å². The lowest BCUT2D eigenvalue weighted by Gasteiger charge is -2.41. The summed E-state index contributed by atoms with van der Waals surface area (Å²) in [6.07, 6.45) is 2.65. The van der Waals surface area contributed by atoms with E-state index in [1.165, 1.54) is 0 Å². The van der Waals surface area contributed by atoms with Crippen LogP contribution in [0, 0.1) is 11.3 Å². The number of carbonyl (C=O) groups is 3. The molecule has 4 rings (SSSR count). The Bertz CT molecular complexity index is 1050. The quantitative estimate of drug-likeness (QED) is 0.459. The summed E-state index contributed by atoms with van der Waals surface area (Å²) in [4.78, 5) is 37.0. The summed E-state index contributed by atoms with van der Waals surface area (Å²) < 4.78 is 5.64. The van der Waals surface area contributed by atoms with Gasteiger partial charge in [0.15, 0.2) is 0 Å². The highest BCUT2D eigenvalue weighted by molar-refractivity contribution is 5.86. The molecular weight excluding hydrogens is 444 g/mol. The third-order valence-corrected chi connectivity index (χ3v) is 7.69. The van der Waals surface area contributed by atoms with E-state index >= 15 is 0 Å². The van der Waals surface area contributed by atoms with Crippen molar-refractivity contribution < 1.29 is 24.2 Å². The summed E-state index contributed by atoms with van der Waals surface area (Å²) in [6.45, 7) is 4.35. The summed E-state index contributed by atoms with van der Waals surface area (Å²) in [7, 11) is 0. The van der Waals surface area contributed by atoms with E-state index in [1.54, 1.807) is 0 Å². The number of carboxylic acids is 1. The number of ether oxygens (including phenoxy) is 1. The number of amides is 2. The number of rotatable bonds is 10. The Morgan fingerprint density at radius 3 is 2.17 bits per heavy atom. The van der Waals surface area contributed by atoms with Gasteiger partial charge in [-0.1, -0.05) is 75.2 Å². The zero-order valence-corrected chi connectivity index (χ0v) is 20.4. The van der Waals surface area contributed by atoms with Crippen molar-refractivity contribution in [2.24, 2.45) is 11.3 Å². The molecule has 0 bridgehead atoms. The van der Waals surface area contributed by atoms with Gasteiger partial charge in [-0.2, -0.15) is 0 Å². The van der Waals surface area contributed by atoms with E-state index in [9.17, 15) is 19.5 Å². The van der Waals surface area contributed by atoms with E-state index in [-0.39, 0.29) is 36.2 Å². The van der Waals surface area contributed by atoms with Crippen molar-refractivity contribution >= 4 is 18.0 Å². The predicted molar refractivity (Wildman–Crippen MR) is 133 cm³/mol. The first-order valence-corrected chi connectivity index (χ1v) is 12.4. The van der Waals surface area contributed by atoms with Crippen molar-refractivity contribution in [3.8, 4) is 11.1 Å². The second kappa shape index (κ2) is 10.5. The number of benzene rings is 2. The molecule has 0 heterocycles. The number of fused-ring (bicyclic) bond motifs is 3. The number of hydrogen-bond donors (Lipinski definition) is 3. The van der Waals surface area contributed by atoms with Crippen molar-refractivity contribution in [1.82, 2.24) is 10.6 Å². The maximum atomic E-state index is 13.0. The van der Waals surface area contributed by atoms with E-state index in [1.807, 2.05) is 38.1 Å². The molecule has 0 saturated heterocycles. The molecule has 2 atom stereocenters. The van der Waals surface area contributed by atoms with E-state index in [0.717, 1.165) is 41.5 Å². The fraction of sp³-hybridized carbons (Fsp3) is 0.464. The lowest BCUT2D eigenvalue weighted by molar-refractivity contribution is -0.142. The van der Waals surface area contributed by atoms with Gasteiger partial charge in [-0.25, -0.2) is 4.79 Å². The SMILES string of the molecule is CCC(C)C(NC(=O)OCC1c2ccccc2-c2ccccc21)C(=O)NCC1(CC(=O)O)CCC1. The first kappa shape index (κ1) is 24.8. The van der Waals surface area contributed by atoms with Crippen molar-refractivity contribution in [3.05, 3.63) is 59.7 Å². The van der Waals surface area contributed by atoms with Crippen molar-refractivity contribution in [3.63, 3.8) is 0 Å². The second-order valence-electron chi connectivity index (χ2n) is 9.97. The fourth-order valence-electron chi connectivity index (χ4n) is 5.27. The van der Waals surface area contributed by atoms with Gasteiger partial charge in [0.05, 0.1) is 6.42 Å². The zero-order chi connectivity index (χ0) is 25.0. The summed E-state index contributed by atoms with van der Waals surface area (Å²) in [5.74, 6) is -1.32. The van der Waals surface area contributed by atoms with Gasteiger partial charge in [0, 0.05) is 12.5 Å². The van der Waals surface area contributed by atoms with Crippen LogP contribution in [0.15, 0.2) is 48.5 Å². The van der Waals surface area contributed by atoms with E-state index in [2.05, 4.69) is 34.9 Å². The number of hydrogen-bond acceptors (Lipinski definition) is 4. The zero-order valence-electron chi connectivity index (χ0n) is 20.4. The van der Waals surface area contributed by atoms with Crippen LogP contribution in [0.2, 0.25) is 0 Å². The lowest BCUT2D eigenvalue weighted by Crippen LogP contribution is -2.53. The molecule has 0 aromatic heterocycles. The molecule has 2 aliphatic rings. The molecule has 2 aliphatic carbocycles. The van der Waals surface area contributed by atoms with Crippen molar-refractivity contribution in [1.29, 1.82) is 0 Å². The molecule has 7 heteroatoms. The molecule has 3 N–H and O–H groups in total. The highest BCUT2D eigenvalue weighted by Gasteiger charge is 2.40. The lowest BCUT2D eigenvalue weighted by atomic mass is 9.66. The van der Waals surface area contributed by atoms with Crippen LogP contribution < -0.4 is 10.6 Å². The molecule has 0 radical (unpaired) electrons.